The number of rotatable bonds is 3. The molecule has 0 radical (unpaired) electrons. The molecule has 100 valence electrons. The zero-order chi connectivity index (χ0) is 13.7. The highest BCUT2D eigenvalue weighted by Crippen LogP contribution is 2.59. The number of amides is 2. The molecule has 5 heteroatoms. The molecule has 2 fully saturated rings. The molecule has 5 nitrogen and oxygen atoms in total. The fourth-order valence-electron chi connectivity index (χ4n) is 3.32. The number of carbonyl (C=O) groups excluding carboxylic acids is 2. The van der Waals surface area contributed by atoms with E-state index in [9.17, 15) is 14.4 Å². The molecule has 0 aromatic carbocycles. The lowest BCUT2D eigenvalue weighted by atomic mass is 9.62. The van der Waals surface area contributed by atoms with Crippen molar-refractivity contribution < 1.29 is 19.5 Å². The van der Waals surface area contributed by atoms with Crippen LogP contribution in [0, 0.1) is 16.7 Å². The number of carbonyl (C=O) groups is 3. The Kier molecular flexibility index (Phi) is 2.76. The van der Waals surface area contributed by atoms with Gasteiger partial charge < -0.3 is 5.11 Å². The van der Waals surface area contributed by atoms with Gasteiger partial charge in [-0.15, -0.1) is 0 Å². The molecule has 1 saturated heterocycles. The van der Waals surface area contributed by atoms with Gasteiger partial charge in [0.25, 0.3) is 0 Å². The third-order valence-electron chi connectivity index (χ3n) is 5.06. The van der Waals surface area contributed by atoms with E-state index in [1.807, 2.05) is 20.8 Å². The van der Waals surface area contributed by atoms with Crippen molar-refractivity contribution >= 4 is 17.8 Å². The highest BCUT2D eigenvalue weighted by molar-refractivity contribution is 6.04. The summed E-state index contributed by atoms with van der Waals surface area (Å²) < 4.78 is 0. The summed E-state index contributed by atoms with van der Waals surface area (Å²) in [6.07, 6.45) is 1.25. The Morgan fingerprint density at radius 2 is 2.00 bits per heavy atom. The number of hydrogen-bond donors (Lipinski definition) is 1. The van der Waals surface area contributed by atoms with Crippen molar-refractivity contribution in [3.63, 3.8) is 0 Å². The molecular formula is C13H19NO4. The lowest BCUT2D eigenvalue weighted by Gasteiger charge is -2.47. The predicted octanol–water partition coefficient (Wildman–Crippen LogP) is 1.27. The molecule has 0 aromatic rings. The van der Waals surface area contributed by atoms with E-state index in [4.69, 9.17) is 5.11 Å². The molecule has 2 rings (SSSR count). The maximum absolute atomic E-state index is 12.5. The summed E-state index contributed by atoms with van der Waals surface area (Å²) in [6, 6.07) is 0. The van der Waals surface area contributed by atoms with Crippen LogP contribution in [0.3, 0.4) is 0 Å². The number of imide groups is 1. The summed E-state index contributed by atoms with van der Waals surface area (Å²) in [5.74, 6) is -1.54. The molecule has 1 aliphatic carbocycles. The SMILES string of the molecule is CC12CCC(C(=O)N(CCC(=O)O)C1=O)C2(C)C. The van der Waals surface area contributed by atoms with Gasteiger partial charge in [0.2, 0.25) is 11.8 Å². The average molecular weight is 253 g/mol. The number of fused-ring (bicyclic) bond motifs is 2. The molecule has 0 spiro atoms. The van der Waals surface area contributed by atoms with Gasteiger partial charge in [-0.3, -0.25) is 19.3 Å². The number of nitrogens with zero attached hydrogens (tertiary/aromatic N) is 1. The van der Waals surface area contributed by atoms with Crippen molar-refractivity contribution in [2.24, 2.45) is 16.7 Å². The van der Waals surface area contributed by atoms with E-state index in [2.05, 4.69) is 0 Å². The van der Waals surface area contributed by atoms with Crippen molar-refractivity contribution in [3.05, 3.63) is 0 Å². The van der Waals surface area contributed by atoms with Gasteiger partial charge in [-0.05, 0) is 18.3 Å². The lowest BCUT2D eigenvalue weighted by Crippen LogP contribution is -2.59. The van der Waals surface area contributed by atoms with Gasteiger partial charge in [-0.1, -0.05) is 20.8 Å². The van der Waals surface area contributed by atoms with Gasteiger partial charge in [-0.25, -0.2) is 0 Å². The fraction of sp³-hybridized carbons (Fsp3) is 0.769. The number of likely N-dealkylation sites (tertiary alicyclic amines) is 1. The van der Waals surface area contributed by atoms with Gasteiger partial charge in [0, 0.05) is 12.5 Å². The van der Waals surface area contributed by atoms with Gasteiger partial charge in [0.15, 0.2) is 0 Å². The molecular weight excluding hydrogens is 234 g/mol. The van der Waals surface area contributed by atoms with Crippen LogP contribution >= 0.6 is 0 Å². The standard InChI is InChI=1S/C13H19NO4/c1-12(2)8-4-6-13(12,3)11(18)14(10(8)17)7-5-9(15)16/h8H,4-7H2,1-3H3,(H,15,16). The van der Waals surface area contributed by atoms with Crippen LogP contribution < -0.4 is 0 Å². The van der Waals surface area contributed by atoms with Gasteiger partial charge in [0.1, 0.15) is 0 Å². The average Bonchev–Trinajstić information content (AvgIpc) is 2.44. The van der Waals surface area contributed by atoms with Crippen LogP contribution in [-0.4, -0.2) is 34.3 Å². The van der Waals surface area contributed by atoms with Crippen molar-refractivity contribution in [1.29, 1.82) is 0 Å². The second kappa shape index (κ2) is 3.80. The second-order valence-corrected chi connectivity index (χ2v) is 6.08. The Balaban J connectivity index is 2.30. The summed E-state index contributed by atoms with van der Waals surface area (Å²) in [5.41, 5.74) is -0.870. The molecule has 1 heterocycles. The molecule has 2 aliphatic rings. The van der Waals surface area contributed by atoms with Crippen molar-refractivity contribution in [1.82, 2.24) is 4.90 Å². The first-order valence-electron chi connectivity index (χ1n) is 6.29. The first-order valence-corrected chi connectivity index (χ1v) is 6.29. The van der Waals surface area contributed by atoms with E-state index in [-0.39, 0.29) is 36.1 Å². The lowest BCUT2D eigenvalue weighted by molar-refractivity contribution is -0.168. The van der Waals surface area contributed by atoms with E-state index < -0.39 is 11.4 Å². The highest BCUT2D eigenvalue weighted by Gasteiger charge is 2.64. The van der Waals surface area contributed by atoms with Crippen LogP contribution in [0.4, 0.5) is 0 Å². The smallest absolute Gasteiger partial charge is 0.305 e. The van der Waals surface area contributed by atoms with E-state index >= 15 is 0 Å². The van der Waals surface area contributed by atoms with Crippen LogP contribution in [-0.2, 0) is 14.4 Å². The Morgan fingerprint density at radius 1 is 1.39 bits per heavy atom. The van der Waals surface area contributed by atoms with Gasteiger partial charge in [-0.2, -0.15) is 0 Å². The summed E-state index contributed by atoms with van der Waals surface area (Å²) in [6.45, 7) is 5.83. The number of carboxylic acids is 1. The highest BCUT2D eigenvalue weighted by atomic mass is 16.4. The van der Waals surface area contributed by atoms with Crippen LogP contribution in [0.2, 0.25) is 0 Å². The van der Waals surface area contributed by atoms with Gasteiger partial charge in [0.05, 0.1) is 11.8 Å². The van der Waals surface area contributed by atoms with Crippen molar-refractivity contribution in [3.8, 4) is 0 Å². The molecule has 1 saturated carbocycles. The Morgan fingerprint density at radius 3 is 2.56 bits per heavy atom. The van der Waals surface area contributed by atoms with Crippen LogP contribution in [0.15, 0.2) is 0 Å². The molecule has 18 heavy (non-hydrogen) atoms. The monoisotopic (exact) mass is 253 g/mol. The minimum Gasteiger partial charge on any atom is -0.481 e. The molecule has 2 amide bonds. The summed E-state index contributed by atoms with van der Waals surface area (Å²) >= 11 is 0. The molecule has 2 bridgehead atoms. The zero-order valence-corrected chi connectivity index (χ0v) is 11.0. The summed E-state index contributed by atoms with van der Waals surface area (Å²) in [4.78, 5) is 36.5. The largest absolute Gasteiger partial charge is 0.481 e. The number of hydrogen-bond acceptors (Lipinski definition) is 3. The summed E-state index contributed by atoms with van der Waals surface area (Å²) in [5, 5.41) is 8.68. The maximum Gasteiger partial charge on any atom is 0.305 e. The summed E-state index contributed by atoms with van der Waals surface area (Å²) in [7, 11) is 0. The van der Waals surface area contributed by atoms with E-state index in [1.165, 1.54) is 0 Å². The number of carboxylic acid groups (broad SMARTS) is 1. The second-order valence-electron chi connectivity index (χ2n) is 6.08. The Labute approximate surface area is 106 Å². The quantitative estimate of drug-likeness (QED) is 0.769. The van der Waals surface area contributed by atoms with E-state index in [0.717, 1.165) is 11.3 Å². The minimum atomic E-state index is -0.988. The minimum absolute atomic E-state index is 0.00479. The molecule has 2 unspecified atom stereocenters. The third kappa shape index (κ3) is 1.49. The predicted molar refractivity (Wildman–Crippen MR) is 63.6 cm³/mol. The van der Waals surface area contributed by atoms with Crippen LogP contribution in [0.1, 0.15) is 40.0 Å². The third-order valence-corrected chi connectivity index (χ3v) is 5.06. The Bertz CT molecular complexity index is 429. The fourth-order valence-corrected chi connectivity index (χ4v) is 3.32. The van der Waals surface area contributed by atoms with E-state index in [0.29, 0.717) is 6.42 Å². The number of piperidine rings is 1. The van der Waals surface area contributed by atoms with Crippen molar-refractivity contribution in [2.75, 3.05) is 6.54 Å². The van der Waals surface area contributed by atoms with Crippen molar-refractivity contribution in [2.45, 2.75) is 40.0 Å². The molecule has 1 aliphatic heterocycles. The maximum atomic E-state index is 12.5. The molecule has 0 aromatic heterocycles. The van der Waals surface area contributed by atoms with Crippen LogP contribution in [0.25, 0.3) is 0 Å². The topological polar surface area (TPSA) is 74.7 Å². The van der Waals surface area contributed by atoms with Crippen LogP contribution in [0.5, 0.6) is 0 Å². The Hall–Kier alpha value is -1.39. The zero-order valence-electron chi connectivity index (χ0n) is 11.0. The first kappa shape index (κ1) is 13.1. The van der Waals surface area contributed by atoms with E-state index in [1.54, 1.807) is 0 Å². The number of aliphatic carboxylic acids is 1. The van der Waals surface area contributed by atoms with Gasteiger partial charge >= 0.3 is 5.97 Å². The first-order chi connectivity index (χ1) is 8.22. The normalized spacial score (nSPS) is 33.9. The molecule has 1 N–H and O–H groups in total. The molecule has 2 atom stereocenters.